The molecule has 0 saturated carbocycles. The third-order valence-corrected chi connectivity index (χ3v) is 14.1. The third kappa shape index (κ3) is 26.9. The average Bonchev–Trinajstić information content (AvgIpc) is 1.92. The van der Waals surface area contributed by atoms with Gasteiger partial charge >= 0.3 is 11.9 Å². The lowest BCUT2D eigenvalue weighted by molar-refractivity contribution is -0.385. The van der Waals surface area contributed by atoms with Crippen LogP contribution in [0.3, 0.4) is 0 Å². The number of benzene rings is 4. The van der Waals surface area contributed by atoms with Gasteiger partial charge < -0.3 is 20.9 Å². The number of ether oxygens (including phenoxy) is 2. The SMILES string of the molecule is CC(C)(C)OC(=O)C(C#N)c1c(Cl)cc([N+](=O)[O-])cc1Cl.CC(C)(C)OC(=O)CC#N.CC(C)c1cc(C(C#N)c2c(Cl)cc(N)cc2Cl)nnc1Cl.CC(C)c1cc(Cl)nnc1Cl.N#CCc1c(Cl)cc(N)cc1Cl.O=[N+]([O-])c1cc(Cl)c(Cl)c(Cl)c1. The summed E-state index contributed by atoms with van der Waals surface area (Å²) in [6, 6.07) is 21.8. The van der Waals surface area contributed by atoms with E-state index in [1.165, 1.54) is 0 Å². The van der Waals surface area contributed by atoms with Crippen LogP contribution < -0.4 is 11.5 Å². The number of carbonyl (C=O) groups excluding carboxylic acids is 2. The largest absolute Gasteiger partial charge is 0.459 e. The number of esters is 2. The van der Waals surface area contributed by atoms with Crippen LogP contribution in [0.25, 0.3) is 0 Å². The summed E-state index contributed by atoms with van der Waals surface area (Å²) in [5.41, 5.74) is 13.6. The molecule has 6 aromatic rings. The molecule has 0 bridgehead atoms. The van der Waals surface area contributed by atoms with Crippen molar-refractivity contribution in [2.75, 3.05) is 11.5 Å². The molecule has 0 aliphatic heterocycles. The molecule has 0 aliphatic rings. The van der Waals surface area contributed by atoms with Crippen molar-refractivity contribution in [3.8, 4) is 24.3 Å². The van der Waals surface area contributed by atoms with Gasteiger partial charge in [-0.05, 0) is 101 Å². The molecule has 0 spiro atoms. The predicted molar refractivity (Wildman–Crippen MR) is 347 cm³/mol. The minimum Gasteiger partial charge on any atom is -0.459 e. The van der Waals surface area contributed by atoms with Crippen LogP contribution in [0.1, 0.15) is 133 Å². The standard InChI is InChI=1S/C15H13Cl3N4.C13H12Cl2N2O4.C8H6Cl2N2.C7H8Cl2N2.C7H11NO2.C6H2Cl3NO2/c1-7(2)9-5-13(21-22-15(9)18)10(6-19)14-11(16)3-8(20)4-12(14)17;1-13(2,3)21-12(18)8(6-16)11-9(14)4-7(17(19)20)5-10(11)15;9-7-3-5(12)4-8(10)6(7)1-2-11;1-4(2)5-3-6(8)10-11-7(5)9;1-7(2,3)10-6(9)4-5-8;7-4-1-3(10(11)12)2-5(8)6(4)9/h3-5,7,10H,20H2,1-2H3;4-5,8H,1-3H3;3-4H,1,12H2;3-4H,1-2H3;4H2,1-3H3;1-2H. The summed E-state index contributed by atoms with van der Waals surface area (Å²) in [6.07, 6.45) is 0.0369. The van der Waals surface area contributed by atoms with Crippen molar-refractivity contribution in [2.24, 2.45) is 0 Å². The molecule has 0 fully saturated rings. The van der Waals surface area contributed by atoms with Gasteiger partial charge in [0.25, 0.3) is 11.4 Å². The number of hydrogen-bond acceptors (Lipinski definition) is 18. The number of anilines is 2. The monoisotopic (exact) mass is 1440 g/mol. The smallest absolute Gasteiger partial charge is 0.328 e. The van der Waals surface area contributed by atoms with E-state index in [1.807, 2.05) is 33.8 Å². The first-order valence-electron chi connectivity index (χ1n) is 24.7. The molecular formula is C56H52Cl12N12O8. The molecule has 2 atom stereocenters. The molecule has 4 N–H and O–H groups in total. The lowest BCUT2D eigenvalue weighted by Gasteiger charge is -2.22. The first-order valence-corrected chi connectivity index (χ1v) is 29.3. The van der Waals surface area contributed by atoms with Crippen LogP contribution in [0.5, 0.6) is 0 Å². The van der Waals surface area contributed by atoms with Crippen LogP contribution in [0.15, 0.2) is 60.7 Å². The zero-order valence-electron chi connectivity index (χ0n) is 47.9. The highest BCUT2D eigenvalue weighted by atomic mass is 35.5. The summed E-state index contributed by atoms with van der Waals surface area (Å²) in [4.78, 5) is 42.3. The van der Waals surface area contributed by atoms with E-state index in [0.717, 1.165) is 35.4 Å². The number of carbonyl (C=O) groups is 2. The van der Waals surface area contributed by atoms with Crippen LogP contribution in [0.4, 0.5) is 22.7 Å². The molecule has 0 aliphatic carbocycles. The minimum absolute atomic E-state index is 0.000633. The number of hydrogen-bond donors (Lipinski definition) is 2. The van der Waals surface area contributed by atoms with E-state index >= 15 is 0 Å². The molecule has 2 unspecified atom stereocenters. The number of nitro benzene ring substituents is 2. The molecule has 2 aromatic heterocycles. The quantitative estimate of drug-likeness (QED) is 0.0423. The van der Waals surface area contributed by atoms with E-state index in [4.69, 9.17) is 171 Å². The van der Waals surface area contributed by atoms with Gasteiger partial charge in [0.2, 0.25) is 0 Å². The summed E-state index contributed by atoms with van der Waals surface area (Å²) in [5.74, 6) is -2.90. The van der Waals surface area contributed by atoms with E-state index < -0.39 is 44.8 Å². The molecule has 0 amide bonds. The molecular weight excluding hydrogens is 1390 g/mol. The topological polar surface area (TPSA) is 338 Å². The average molecular weight is 1450 g/mol. The number of halogens is 12. The fourth-order valence-corrected chi connectivity index (χ4v) is 9.81. The Labute approximate surface area is 567 Å². The van der Waals surface area contributed by atoms with E-state index in [9.17, 15) is 40.3 Å². The van der Waals surface area contributed by atoms with Crippen molar-refractivity contribution in [1.82, 2.24) is 20.4 Å². The van der Waals surface area contributed by atoms with E-state index in [0.29, 0.717) is 69.7 Å². The maximum Gasteiger partial charge on any atom is 0.328 e. The zero-order chi connectivity index (χ0) is 67.9. The molecule has 4 aromatic carbocycles. The number of nitrogens with two attached hydrogens (primary N) is 2. The molecule has 0 radical (unpaired) electrons. The fraction of sp³-hybridized carbons (Fsp3) is 0.321. The summed E-state index contributed by atoms with van der Waals surface area (Å²) in [5, 5.41) is 74.1. The maximum absolute atomic E-state index is 12.0. The Bertz CT molecular complexity index is 3580. The molecule has 468 valence electrons. The first-order chi connectivity index (χ1) is 40.6. The van der Waals surface area contributed by atoms with Gasteiger partial charge in [-0.2, -0.15) is 26.1 Å². The third-order valence-electron chi connectivity index (χ3n) is 10.2. The molecule has 0 saturated heterocycles. The molecule has 88 heavy (non-hydrogen) atoms. The maximum atomic E-state index is 12.0. The number of nitrogens with zero attached hydrogens (tertiary/aromatic N) is 10. The van der Waals surface area contributed by atoms with Crippen LogP contribution in [-0.2, 0) is 25.5 Å². The summed E-state index contributed by atoms with van der Waals surface area (Å²) in [7, 11) is 0. The summed E-state index contributed by atoms with van der Waals surface area (Å²) < 4.78 is 9.94. The fourth-order valence-electron chi connectivity index (χ4n) is 6.39. The van der Waals surface area contributed by atoms with Gasteiger partial charge in [-0.3, -0.25) is 29.8 Å². The molecule has 6 rings (SSSR count). The Hall–Kier alpha value is -6.18. The van der Waals surface area contributed by atoms with Crippen molar-refractivity contribution in [2.45, 2.75) is 117 Å². The Balaban J connectivity index is 0.000000544. The Kier molecular flexibility index (Phi) is 33.7. The number of nitriles is 4. The van der Waals surface area contributed by atoms with Crippen LogP contribution in [0, 0.1) is 65.6 Å². The predicted octanol–water partition coefficient (Wildman–Crippen LogP) is 19.0. The zero-order valence-corrected chi connectivity index (χ0v) is 57.0. The first kappa shape index (κ1) is 79.8. The second-order valence-electron chi connectivity index (χ2n) is 20.1. The highest BCUT2D eigenvalue weighted by Gasteiger charge is 2.32. The normalized spacial score (nSPS) is 11.1. The second-order valence-corrected chi connectivity index (χ2v) is 24.8. The highest BCUT2D eigenvalue weighted by molar-refractivity contribution is 6.48. The Morgan fingerprint density at radius 3 is 1.31 bits per heavy atom. The van der Waals surface area contributed by atoms with Gasteiger partial charge in [-0.1, -0.05) is 167 Å². The van der Waals surface area contributed by atoms with Crippen LogP contribution in [0.2, 0.25) is 60.7 Å². The summed E-state index contributed by atoms with van der Waals surface area (Å²) >= 11 is 69.9. The van der Waals surface area contributed by atoms with Gasteiger partial charge in [-0.15, -0.1) is 15.3 Å². The van der Waals surface area contributed by atoms with E-state index in [1.54, 1.807) is 90.1 Å². The van der Waals surface area contributed by atoms with Gasteiger partial charge in [0.15, 0.2) is 21.4 Å². The number of non-ortho nitro benzene ring substituents is 2. The lowest BCUT2D eigenvalue weighted by atomic mass is 9.94. The number of nitro groups is 2. The highest BCUT2D eigenvalue weighted by Crippen LogP contribution is 2.39. The van der Waals surface area contributed by atoms with Gasteiger partial charge in [0.1, 0.15) is 23.5 Å². The van der Waals surface area contributed by atoms with Gasteiger partial charge in [0.05, 0.1) is 71.4 Å². The van der Waals surface area contributed by atoms with Crippen molar-refractivity contribution >= 4 is 174 Å². The Morgan fingerprint density at radius 1 is 0.545 bits per heavy atom. The molecule has 2 heterocycles. The van der Waals surface area contributed by atoms with Crippen molar-refractivity contribution in [3.05, 3.63) is 175 Å². The number of nitrogen functional groups attached to an aromatic ring is 2. The van der Waals surface area contributed by atoms with Crippen LogP contribution >= 0.6 is 139 Å². The van der Waals surface area contributed by atoms with Gasteiger partial charge in [-0.25, -0.2) is 0 Å². The Morgan fingerprint density at radius 2 is 0.943 bits per heavy atom. The minimum atomic E-state index is -1.36. The summed E-state index contributed by atoms with van der Waals surface area (Å²) in [6.45, 7) is 18.3. The van der Waals surface area contributed by atoms with Crippen molar-refractivity contribution in [1.29, 1.82) is 21.0 Å². The van der Waals surface area contributed by atoms with Crippen molar-refractivity contribution < 1.29 is 28.9 Å². The number of aromatic nitrogens is 4. The lowest BCUT2D eigenvalue weighted by Crippen LogP contribution is -2.27. The second kappa shape index (κ2) is 37.1. The molecule has 20 nitrogen and oxygen atoms in total. The van der Waals surface area contributed by atoms with E-state index in [-0.39, 0.29) is 60.8 Å². The number of rotatable bonds is 10. The van der Waals surface area contributed by atoms with E-state index in [2.05, 4.69) is 26.5 Å². The van der Waals surface area contributed by atoms with Crippen molar-refractivity contribution in [3.63, 3.8) is 0 Å². The van der Waals surface area contributed by atoms with Gasteiger partial charge in [0, 0.05) is 72.4 Å². The molecule has 32 heteroatoms. The van der Waals surface area contributed by atoms with Crippen LogP contribution in [-0.4, -0.2) is 53.4 Å².